The molecule has 0 aromatic carbocycles. The third-order valence-electron chi connectivity index (χ3n) is 1.32. The van der Waals surface area contributed by atoms with Gasteiger partial charge in [0, 0.05) is 20.0 Å². The molecule has 0 aliphatic heterocycles. The van der Waals surface area contributed by atoms with E-state index in [-0.39, 0.29) is 11.9 Å². The molecule has 0 spiro atoms. The van der Waals surface area contributed by atoms with Crippen LogP contribution in [0.3, 0.4) is 0 Å². The Balaban J connectivity index is 3.08. The maximum atomic E-state index is 10.6. The molecular weight excluding hydrogens is 174 g/mol. The van der Waals surface area contributed by atoms with E-state index >= 15 is 0 Å². The zero-order valence-electron chi connectivity index (χ0n) is 7.96. The van der Waals surface area contributed by atoms with Crippen LogP contribution in [0.2, 0.25) is 0 Å². The lowest BCUT2D eigenvalue weighted by atomic mass is 10.4. The van der Waals surface area contributed by atoms with Crippen LogP contribution in [0.1, 0.15) is 13.3 Å². The summed E-state index contributed by atoms with van der Waals surface area (Å²) in [4.78, 5) is 20.9. The predicted octanol–water partition coefficient (Wildman–Crippen LogP) is -0.298. The van der Waals surface area contributed by atoms with Crippen molar-refractivity contribution in [1.82, 2.24) is 5.32 Å². The first kappa shape index (κ1) is 11.9. The molecule has 0 radical (unpaired) electrons. The molecule has 0 aliphatic rings. The molecule has 0 saturated heterocycles. The van der Waals surface area contributed by atoms with Gasteiger partial charge in [-0.05, 0) is 0 Å². The fourth-order valence-electron chi connectivity index (χ4n) is 0.684. The van der Waals surface area contributed by atoms with E-state index < -0.39 is 0 Å². The third-order valence-corrected chi connectivity index (χ3v) is 1.32. The summed E-state index contributed by atoms with van der Waals surface area (Å²) >= 11 is 0. The number of ether oxygens (including phenoxy) is 2. The largest absolute Gasteiger partial charge is 0.469 e. The molecule has 0 amide bonds. The van der Waals surface area contributed by atoms with Crippen LogP contribution < -0.4 is 5.32 Å². The van der Waals surface area contributed by atoms with Crippen molar-refractivity contribution in [2.24, 2.45) is 0 Å². The summed E-state index contributed by atoms with van der Waals surface area (Å²) in [6, 6.07) is 0. The number of nitrogens with one attached hydrogen (secondary N) is 1. The minimum absolute atomic E-state index is 0.250. The second-order valence-corrected chi connectivity index (χ2v) is 2.42. The zero-order valence-corrected chi connectivity index (χ0v) is 7.96. The lowest BCUT2D eigenvalue weighted by Crippen LogP contribution is -2.23. The van der Waals surface area contributed by atoms with Crippen LogP contribution in [0, 0.1) is 0 Å². The van der Waals surface area contributed by atoms with E-state index in [4.69, 9.17) is 0 Å². The van der Waals surface area contributed by atoms with Crippen molar-refractivity contribution in [2.45, 2.75) is 13.3 Å². The monoisotopic (exact) mass is 189 g/mol. The molecule has 5 heteroatoms. The molecule has 5 nitrogen and oxygen atoms in total. The number of carbonyl (C=O) groups excluding carboxylic acids is 2. The molecular formula is C8H15NO4. The van der Waals surface area contributed by atoms with Crippen LogP contribution in [0.25, 0.3) is 0 Å². The van der Waals surface area contributed by atoms with Crippen molar-refractivity contribution < 1.29 is 19.1 Å². The lowest BCUT2D eigenvalue weighted by molar-refractivity contribution is -0.142. The van der Waals surface area contributed by atoms with Crippen molar-refractivity contribution in [2.75, 3.05) is 26.8 Å². The molecule has 0 saturated carbocycles. The number of esters is 2. The Morgan fingerprint density at radius 2 is 2.00 bits per heavy atom. The van der Waals surface area contributed by atoms with Gasteiger partial charge in [0.05, 0.1) is 13.5 Å². The number of carbonyl (C=O) groups is 2. The van der Waals surface area contributed by atoms with Crippen LogP contribution >= 0.6 is 0 Å². The molecule has 0 aromatic heterocycles. The summed E-state index contributed by atoms with van der Waals surface area (Å²) in [5.41, 5.74) is 0. The van der Waals surface area contributed by atoms with E-state index in [1.807, 2.05) is 0 Å². The topological polar surface area (TPSA) is 64.6 Å². The van der Waals surface area contributed by atoms with Crippen LogP contribution in [0.4, 0.5) is 0 Å². The number of rotatable bonds is 6. The number of hydrogen-bond donors (Lipinski definition) is 1. The van der Waals surface area contributed by atoms with Crippen LogP contribution in [-0.2, 0) is 19.1 Å². The van der Waals surface area contributed by atoms with E-state index in [9.17, 15) is 9.59 Å². The van der Waals surface area contributed by atoms with Gasteiger partial charge in [-0.2, -0.15) is 0 Å². The lowest BCUT2D eigenvalue weighted by Gasteiger charge is -2.03. The van der Waals surface area contributed by atoms with Gasteiger partial charge in [0.15, 0.2) is 0 Å². The van der Waals surface area contributed by atoms with Crippen LogP contribution in [0.15, 0.2) is 0 Å². The highest BCUT2D eigenvalue weighted by atomic mass is 16.5. The molecule has 0 fully saturated rings. The first-order valence-electron chi connectivity index (χ1n) is 4.07. The van der Waals surface area contributed by atoms with Gasteiger partial charge >= 0.3 is 11.9 Å². The maximum absolute atomic E-state index is 10.6. The molecule has 0 aromatic rings. The Bertz CT molecular complexity index is 170. The van der Waals surface area contributed by atoms with Crippen LogP contribution in [0.5, 0.6) is 0 Å². The molecule has 0 aliphatic carbocycles. The minimum Gasteiger partial charge on any atom is -0.469 e. The Labute approximate surface area is 77.4 Å². The molecule has 0 heterocycles. The smallest absolute Gasteiger partial charge is 0.306 e. The summed E-state index contributed by atoms with van der Waals surface area (Å²) in [7, 11) is 1.35. The van der Waals surface area contributed by atoms with E-state index in [2.05, 4.69) is 14.8 Å². The molecule has 76 valence electrons. The summed E-state index contributed by atoms with van der Waals surface area (Å²) in [5, 5.41) is 2.93. The van der Waals surface area contributed by atoms with Gasteiger partial charge in [-0.15, -0.1) is 0 Å². The standard InChI is InChI=1S/C8H15NO4/c1-7(10)13-6-5-9-4-3-8(11)12-2/h9H,3-6H2,1-2H3. The van der Waals surface area contributed by atoms with Gasteiger partial charge in [0.2, 0.25) is 0 Å². The molecule has 1 N–H and O–H groups in total. The van der Waals surface area contributed by atoms with E-state index in [0.717, 1.165) is 0 Å². The van der Waals surface area contributed by atoms with Crippen molar-refractivity contribution in [3.05, 3.63) is 0 Å². The highest BCUT2D eigenvalue weighted by Crippen LogP contribution is 1.81. The van der Waals surface area contributed by atoms with Gasteiger partial charge in [-0.25, -0.2) is 0 Å². The molecule has 0 bridgehead atoms. The fraction of sp³-hybridized carbons (Fsp3) is 0.750. The van der Waals surface area contributed by atoms with Gasteiger partial charge in [-0.3, -0.25) is 9.59 Å². The first-order chi connectivity index (χ1) is 6.16. The highest BCUT2D eigenvalue weighted by molar-refractivity contribution is 5.69. The Kier molecular flexibility index (Phi) is 6.91. The zero-order chi connectivity index (χ0) is 10.1. The SMILES string of the molecule is COC(=O)CCNCCOC(C)=O. The van der Waals surface area contributed by atoms with Gasteiger partial charge in [-0.1, -0.05) is 0 Å². The summed E-state index contributed by atoms with van der Waals surface area (Å²) < 4.78 is 9.09. The molecule has 0 rings (SSSR count). The maximum Gasteiger partial charge on any atom is 0.306 e. The molecule has 0 atom stereocenters. The number of hydrogen-bond acceptors (Lipinski definition) is 5. The molecule has 0 unspecified atom stereocenters. The Morgan fingerprint density at radius 3 is 2.54 bits per heavy atom. The third kappa shape index (κ3) is 8.81. The van der Waals surface area contributed by atoms with Crippen molar-refractivity contribution in [3.8, 4) is 0 Å². The van der Waals surface area contributed by atoms with Crippen molar-refractivity contribution >= 4 is 11.9 Å². The van der Waals surface area contributed by atoms with E-state index in [1.54, 1.807) is 0 Å². The summed E-state index contributed by atoms with van der Waals surface area (Å²) in [5.74, 6) is -0.547. The normalized spacial score (nSPS) is 9.38. The average molecular weight is 189 g/mol. The van der Waals surface area contributed by atoms with Gasteiger partial charge in [0.25, 0.3) is 0 Å². The Morgan fingerprint density at radius 1 is 1.31 bits per heavy atom. The summed E-state index contributed by atoms with van der Waals surface area (Å²) in [6.07, 6.45) is 0.330. The van der Waals surface area contributed by atoms with Gasteiger partial charge in [0.1, 0.15) is 6.61 Å². The van der Waals surface area contributed by atoms with E-state index in [0.29, 0.717) is 26.1 Å². The average Bonchev–Trinajstić information content (AvgIpc) is 2.10. The highest BCUT2D eigenvalue weighted by Gasteiger charge is 1.98. The fourth-order valence-corrected chi connectivity index (χ4v) is 0.684. The minimum atomic E-state index is -0.297. The quantitative estimate of drug-likeness (QED) is 0.459. The molecule has 13 heavy (non-hydrogen) atoms. The number of methoxy groups -OCH3 is 1. The van der Waals surface area contributed by atoms with Gasteiger partial charge < -0.3 is 14.8 Å². The Hall–Kier alpha value is -1.10. The van der Waals surface area contributed by atoms with Crippen molar-refractivity contribution in [1.29, 1.82) is 0 Å². The van der Waals surface area contributed by atoms with Crippen molar-refractivity contribution in [3.63, 3.8) is 0 Å². The predicted molar refractivity (Wildman–Crippen MR) is 46.1 cm³/mol. The van der Waals surface area contributed by atoms with Crippen LogP contribution in [-0.4, -0.2) is 38.7 Å². The first-order valence-corrected chi connectivity index (χ1v) is 4.07. The second kappa shape index (κ2) is 7.54. The second-order valence-electron chi connectivity index (χ2n) is 2.42. The van der Waals surface area contributed by atoms with E-state index in [1.165, 1.54) is 14.0 Å². The summed E-state index contributed by atoms with van der Waals surface area (Å²) in [6.45, 7) is 2.77.